The summed E-state index contributed by atoms with van der Waals surface area (Å²) in [5, 5.41) is 13.5. The molecule has 0 aliphatic carbocycles. The van der Waals surface area contributed by atoms with Crippen molar-refractivity contribution < 1.29 is 18.8 Å². The van der Waals surface area contributed by atoms with E-state index in [1.165, 1.54) is 0 Å². The lowest BCUT2D eigenvalue weighted by Crippen LogP contribution is -1.95. The molecule has 0 saturated heterocycles. The normalized spacial score (nSPS) is 11.0. The molecule has 2 heterocycles. The maximum atomic E-state index is 10.4. The molecule has 3 rings (SSSR count). The van der Waals surface area contributed by atoms with Crippen molar-refractivity contribution in [1.29, 1.82) is 0 Å². The van der Waals surface area contributed by atoms with Crippen LogP contribution in [0.5, 0.6) is 0 Å². The largest absolute Gasteiger partial charge is 0.481 e. The van der Waals surface area contributed by atoms with E-state index in [0.717, 1.165) is 16.5 Å². The summed E-state index contributed by atoms with van der Waals surface area (Å²) in [6, 6.07) is 7.65. The van der Waals surface area contributed by atoms with Gasteiger partial charge in [-0.15, -0.1) is 0 Å². The van der Waals surface area contributed by atoms with Gasteiger partial charge in [-0.25, -0.2) is 0 Å². The number of carbonyl (C=O) groups is 1. The lowest BCUT2D eigenvalue weighted by molar-refractivity contribution is -0.137. The minimum atomic E-state index is -0.786. The van der Waals surface area contributed by atoms with Crippen molar-refractivity contribution in [3.05, 3.63) is 36.4 Å². The van der Waals surface area contributed by atoms with Crippen LogP contribution in [0.15, 0.2) is 39.5 Å². The number of aryl methyl sites for hydroxylation is 1. The summed E-state index contributed by atoms with van der Waals surface area (Å²) < 4.78 is 10.6. The number of carboxylic acids is 1. The summed E-state index contributed by atoms with van der Waals surface area (Å²) in [4.78, 5) is 14.8. The number of hydrogen-bond donors (Lipinski definition) is 1. The van der Waals surface area contributed by atoms with Crippen LogP contribution in [0.1, 0.15) is 25.2 Å². The van der Waals surface area contributed by atoms with Crippen molar-refractivity contribution in [3.63, 3.8) is 0 Å². The van der Waals surface area contributed by atoms with Crippen LogP contribution in [0.2, 0.25) is 0 Å². The van der Waals surface area contributed by atoms with Gasteiger partial charge >= 0.3 is 5.97 Å². The van der Waals surface area contributed by atoms with Crippen LogP contribution in [0.3, 0.4) is 0 Å². The fourth-order valence-corrected chi connectivity index (χ4v) is 2.17. The second-order valence-corrected chi connectivity index (χ2v) is 4.76. The highest BCUT2D eigenvalue weighted by Gasteiger charge is 2.14. The van der Waals surface area contributed by atoms with Crippen LogP contribution in [0.4, 0.5) is 0 Å². The number of unbranched alkanes of at least 4 members (excludes halogenated alkanes) is 1. The number of para-hydroxylation sites is 1. The first-order chi connectivity index (χ1) is 10.2. The Bertz CT molecular complexity index is 760. The highest BCUT2D eigenvalue weighted by Crippen LogP contribution is 2.28. The monoisotopic (exact) mass is 286 g/mol. The molecule has 3 aromatic rings. The second-order valence-electron chi connectivity index (χ2n) is 4.76. The summed E-state index contributed by atoms with van der Waals surface area (Å²) >= 11 is 0. The maximum absolute atomic E-state index is 10.4. The van der Waals surface area contributed by atoms with Crippen LogP contribution < -0.4 is 0 Å². The Morgan fingerprint density at radius 1 is 1.24 bits per heavy atom. The van der Waals surface area contributed by atoms with Gasteiger partial charge in [0.15, 0.2) is 0 Å². The SMILES string of the molecule is O=C(O)CCCCc1nc(-c2coc3ccccc23)no1. The van der Waals surface area contributed by atoms with Crippen LogP contribution in [0, 0.1) is 0 Å². The molecule has 0 aliphatic heterocycles. The van der Waals surface area contributed by atoms with Crippen molar-refractivity contribution in [3.8, 4) is 11.4 Å². The second kappa shape index (κ2) is 5.78. The van der Waals surface area contributed by atoms with Crippen molar-refractivity contribution in [2.45, 2.75) is 25.7 Å². The van der Waals surface area contributed by atoms with Gasteiger partial charge in [0.2, 0.25) is 11.7 Å². The van der Waals surface area contributed by atoms with Crippen molar-refractivity contribution in [2.75, 3.05) is 0 Å². The van der Waals surface area contributed by atoms with Crippen LogP contribution in [-0.4, -0.2) is 21.2 Å². The number of nitrogens with zero attached hydrogens (tertiary/aromatic N) is 2. The molecule has 0 spiro atoms. The third-order valence-corrected chi connectivity index (χ3v) is 3.22. The van der Waals surface area contributed by atoms with Gasteiger partial charge in [-0.1, -0.05) is 23.4 Å². The standard InChI is InChI=1S/C15H14N2O4/c18-14(19)8-4-3-7-13-16-15(17-21-13)11-9-20-12-6-2-1-5-10(11)12/h1-2,5-6,9H,3-4,7-8H2,(H,18,19). The topological polar surface area (TPSA) is 89.4 Å². The van der Waals surface area contributed by atoms with Gasteiger partial charge in [0.05, 0.1) is 5.56 Å². The number of aromatic nitrogens is 2. The molecule has 108 valence electrons. The fourth-order valence-electron chi connectivity index (χ4n) is 2.17. The molecule has 0 radical (unpaired) electrons. The maximum Gasteiger partial charge on any atom is 0.303 e. The van der Waals surface area contributed by atoms with E-state index in [9.17, 15) is 4.79 Å². The summed E-state index contributed by atoms with van der Waals surface area (Å²) in [7, 11) is 0. The zero-order chi connectivity index (χ0) is 14.7. The number of aliphatic carboxylic acids is 1. The summed E-state index contributed by atoms with van der Waals surface area (Å²) in [6.45, 7) is 0. The molecule has 0 amide bonds. The summed E-state index contributed by atoms with van der Waals surface area (Å²) in [5.74, 6) is 0.222. The Labute approximate surface area is 120 Å². The Morgan fingerprint density at radius 3 is 2.95 bits per heavy atom. The average Bonchev–Trinajstić information content (AvgIpc) is 3.09. The molecule has 0 aliphatic rings. The van der Waals surface area contributed by atoms with E-state index in [0.29, 0.717) is 31.0 Å². The number of rotatable bonds is 6. The van der Waals surface area contributed by atoms with Crippen LogP contribution in [-0.2, 0) is 11.2 Å². The Kier molecular flexibility index (Phi) is 3.68. The Balaban J connectivity index is 1.71. The lowest BCUT2D eigenvalue weighted by atomic mass is 10.1. The molecule has 21 heavy (non-hydrogen) atoms. The average molecular weight is 286 g/mol. The Morgan fingerprint density at radius 2 is 2.10 bits per heavy atom. The predicted octanol–water partition coefficient (Wildman–Crippen LogP) is 3.28. The van der Waals surface area contributed by atoms with E-state index in [1.807, 2.05) is 24.3 Å². The molecule has 0 unspecified atom stereocenters. The lowest BCUT2D eigenvalue weighted by Gasteiger charge is -1.93. The van der Waals surface area contributed by atoms with Gasteiger partial charge in [0.1, 0.15) is 11.8 Å². The number of benzene rings is 1. The molecular formula is C15H14N2O4. The molecule has 0 bridgehead atoms. The quantitative estimate of drug-likeness (QED) is 0.699. The minimum absolute atomic E-state index is 0.160. The van der Waals surface area contributed by atoms with E-state index in [1.54, 1.807) is 6.26 Å². The van der Waals surface area contributed by atoms with Gasteiger partial charge in [0.25, 0.3) is 0 Å². The zero-order valence-corrected chi connectivity index (χ0v) is 11.3. The summed E-state index contributed by atoms with van der Waals surface area (Å²) in [6.07, 6.45) is 3.66. The first kappa shape index (κ1) is 13.4. The minimum Gasteiger partial charge on any atom is -0.481 e. The van der Waals surface area contributed by atoms with Crippen molar-refractivity contribution in [1.82, 2.24) is 10.1 Å². The zero-order valence-electron chi connectivity index (χ0n) is 11.3. The van der Waals surface area contributed by atoms with Crippen LogP contribution in [0.25, 0.3) is 22.4 Å². The molecule has 6 nitrogen and oxygen atoms in total. The molecule has 1 N–H and O–H groups in total. The summed E-state index contributed by atoms with van der Waals surface area (Å²) in [5.41, 5.74) is 1.58. The van der Waals surface area contributed by atoms with Gasteiger partial charge in [0, 0.05) is 18.2 Å². The first-order valence-electron chi connectivity index (χ1n) is 6.75. The molecule has 0 saturated carbocycles. The number of furan rings is 1. The van der Waals surface area contributed by atoms with Gasteiger partial charge in [-0.3, -0.25) is 4.79 Å². The van der Waals surface area contributed by atoms with E-state index in [-0.39, 0.29) is 6.42 Å². The Hall–Kier alpha value is -2.63. The highest BCUT2D eigenvalue weighted by atomic mass is 16.5. The fraction of sp³-hybridized carbons (Fsp3) is 0.267. The van der Waals surface area contributed by atoms with E-state index < -0.39 is 5.97 Å². The molecule has 6 heteroatoms. The number of fused-ring (bicyclic) bond motifs is 1. The molecular weight excluding hydrogens is 272 g/mol. The number of carboxylic acid groups (broad SMARTS) is 1. The van der Waals surface area contributed by atoms with Crippen molar-refractivity contribution in [2.24, 2.45) is 0 Å². The van der Waals surface area contributed by atoms with E-state index in [2.05, 4.69) is 10.1 Å². The van der Waals surface area contributed by atoms with Crippen LogP contribution >= 0.6 is 0 Å². The van der Waals surface area contributed by atoms with Crippen molar-refractivity contribution >= 4 is 16.9 Å². The van der Waals surface area contributed by atoms with E-state index in [4.69, 9.17) is 14.0 Å². The first-order valence-corrected chi connectivity index (χ1v) is 6.75. The third kappa shape index (κ3) is 2.94. The highest BCUT2D eigenvalue weighted by molar-refractivity contribution is 5.91. The van der Waals surface area contributed by atoms with Gasteiger partial charge in [-0.2, -0.15) is 4.98 Å². The smallest absolute Gasteiger partial charge is 0.303 e. The van der Waals surface area contributed by atoms with Gasteiger partial charge < -0.3 is 14.0 Å². The molecule has 0 atom stereocenters. The third-order valence-electron chi connectivity index (χ3n) is 3.22. The number of hydrogen-bond acceptors (Lipinski definition) is 5. The van der Waals surface area contributed by atoms with Gasteiger partial charge in [-0.05, 0) is 18.9 Å². The molecule has 1 aromatic carbocycles. The van der Waals surface area contributed by atoms with E-state index >= 15 is 0 Å². The predicted molar refractivity (Wildman–Crippen MR) is 74.7 cm³/mol. The molecule has 0 fully saturated rings. The molecule has 2 aromatic heterocycles.